The molecule has 1 aliphatic rings. The molecular formula is C14H16BrNO4. The zero-order chi connectivity index (χ0) is 14.5. The Labute approximate surface area is 125 Å². The molecule has 108 valence electrons. The van der Waals surface area contributed by atoms with Gasteiger partial charge in [-0.15, -0.1) is 0 Å². The number of carbonyl (C=O) groups is 2. The van der Waals surface area contributed by atoms with Crippen LogP contribution in [0.3, 0.4) is 0 Å². The van der Waals surface area contributed by atoms with Crippen LogP contribution in [0.4, 0.5) is 0 Å². The van der Waals surface area contributed by atoms with Gasteiger partial charge in [0.25, 0.3) is 5.91 Å². The van der Waals surface area contributed by atoms with Crippen LogP contribution in [0.1, 0.15) is 23.2 Å². The van der Waals surface area contributed by atoms with E-state index in [2.05, 4.69) is 21.2 Å². The van der Waals surface area contributed by atoms with Crippen molar-refractivity contribution in [1.29, 1.82) is 0 Å². The second-order valence-corrected chi connectivity index (χ2v) is 5.69. The Morgan fingerprint density at radius 3 is 2.85 bits per heavy atom. The highest BCUT2D eigenvalue weighted by Crippen LogP contribution is 2.19. The average molecular weight is 342 g/mol. The van der Waals surface area contributed by atoms with Gasteiger partial charge in [0.05, 0.1) is 6.61 Å². The molecule has 2 N–H and O–H groups in total. The van der Waals surface area contributed by atoms with Crippen LogP contribution in [0.15, 0.2) is 28.7 Å². The van der Waals surface area contributed by atoms with Gasteiger partial charge >= 0.3 is 5.97 Å². The number of rotatable bonds is 4. The highest BCUT2D eigenvalue weighted by molar-refractivity contribution is 9.10. The topological polar surface area (TPSA) is 75.6 Å². The van der Waals surface area contributed by atoms with E-state index in [9.17, 15) is 14.7 Å². The number of carbonyl (C=O) groups excluding carboxylic acids is 1. The predicted molar refractivity (Wildman–Crippen MR) is 76.6 cm³/mol. The lowest BCUT2D eigenvalue weighted by Gasteiger charge is -2.28. The zero-order valence-corrected chi connectivity index (χ0v) is 12.4. The van der Waals surface area contributed by atoms with Gasteiger partial charge in [0.1, 0.15) is 6.04 Å². The van der Waals surface area contributed by atoms with Crippen LogP contribution in [0.2, 0.25) is 0 Å². The predicted octanol–water partition coefficient (Wildman–Crippen LogP) is 2.06. The van der Waals surface area contributed by atoms with E-state index in [0.29, 0.717) is 18.8 Å². The van der Waals surface area contributed by atoms with E-state index in [1.165, 1.54) is 0 Å². The molecule has 1 aromatic rings. The highest BCUT2D eigenvalue weighted by atomic mass is 79.9. The lowest BCUT2D eigenvalue weighted by atomic mass is 9.93. The van der Waals surface area contributed by atoms with Gasteiger partial charge in [-0.05, 0) is 31.0 Å². The molecule has 2 rings (SSSR count). The molecule has 0 radical (unpaired) electrons. The summed E-state index contributed by atoms with van der Waals surface area (Å²) >= 11 is 3.29. The Morgan fingerprint density at radius 1 is 1.45 bits per heavy atom. The number of amides is 1. The van der Waals surface area contributed by atoms with Gasteiger partial charge in [0.2, 0.25) is 0 Å². The summed E-state index contributed by atoms with van der Waals surface area (Å²) in [5.41, 5.74) is 0.433. The number of aliphatic carboxylic acids is 1. The SMILES string of the molecule is O=C(NC(C(=O)O)C1CCCOC1)c1cccc(Br)c1. The molecule has 5 nitrogen and oxygen atoms in total. The summed E-state index contributed by atoms with van der Waals surface area (Å²) in [4.78, 5) is 23.5. The van der Waals surface area contributed by atoms with E-state index in [4.69, 9.17) is 4.74 Å². The van der Waals surface area contributed by atoms with Crippen LogP contribution >= 0.6 is 15.9 Å². The third-order valence-electron chi connectivity index (χ3n) is 3.31. The quantitative estimate of drug-likeness (QED) is 0.878. The number of halogens is 1. The Morgan fingerprint density at radius 2 is 2.25 bits per heavy atom. The standard InChI is InChI=1S/C14H16BrNO4/c15-11-5-1-3-9(7-11)13(17)16-12(14(18)19)10-4-2-6-20-8-10/h1,3,5,7,10,12H,2,4,6,8H2,(H,16,17)(H,18,19). The summed E-state index contributed by atoms with van der Waals surface area (Å²) in [6.07, 6.45) is 1.57. The lowest BCUT2D eigenvalue weighted by Crippen LogP contribution is -2.48. The molecule has 6 heteroatoms. The van der Waals surface area contributed by atoms with Gasteiger partial charge in [0.15, 0.2) is 0 Å². The number of hydrogen-bond donors (Lipinski definition) is 2. The van der Waals surface area contributed by atoms with Gasteiger partial charge in [0, 0.05) is 22.6 Å². The number of carboxylic acid groups (broad SMARTS) is 1. The average Bonchev–Trinajstić information content (AvgIpc) is 2.45. The van der Waals surface area contributed by atoms with Crippen molar-refractivity contribution in [3.63, 3.8) is 0 Å². The summed E-state index contributed by atoms with van der Waals surface area (Å²) in [7, 11) is 0. The van der Waals surface area contributed by atoms with Crippen molar-refractivity contribution in [2.75, 3.05) is 13.2 Å². The molecule has 1 heterocycles. The van der Waals surface area contributed by atoms with Gasteiger partial charge in [-0.25, -0.2) is 4.79 Å². The van der Waals surface area contributed by atoms with Crippen molar-refractivity contribution >= 4 is 27.8 Å². The minimum atomic E-state index is -1.02. The van der Waals surface area contributed by atoms with Crippen molar-refractivity contribution in [1.82, 2.24) is 5.32 Å². The number of nitrogens with one attached hydrogen (secondary N) is 1. The van der Waals surface area contributed by atoms with Crippen molar-refractivity contribution in [2.24, 2.45) is 5.92 Å². The maximum Gasteiger partial charge on any atom is 0.326 e. The van der Waals surface area contributed by atoms with Crippen LogP contribution in [0, 0.1) is 5.92 Å². The molecule has 0 aromatic heterocycles. The second kappa shape index (κ2) is 6.85. The normalized spacial score (nSPS) is 20.1. The summed E-state index contributed by atoms with van der Waals surface area (Å²) in [6.45, 7) is 1.03. The molecule has 1 aliphatic heterocycles. The lowest BCUT2D eigenvalue weighted by molar-refractivity contribution is -0.142. The van der Waals surface area contributed by atoms with Gasteiger partial charge < -0.3 is 15.2 Å². The Balaban J connectivity index is 2.07. The molecule has 1 amide bonds. The Bertz CT molecular complexity index is 500. The van der Waals surface area contributed by atoms with E-state index in [-0.39, 0.29) is 11.8 Å². The molecule has 1 saturated heterocycles. The van der Waals surface area contributed by atoms with Crippen molar-refractivity contribution in [3.05, 3.63) is 34.3 Å². The van der Waals surface area contributed by atoms with Crippen LogP contribution in [0.5, 0.6) is 0 Å². The maximum atomic E-state index is 12.1. The monoisotopic (exact) mass is 341 g/mol. The van der Waals surface area contributed by atoms with Crippen LogP contribution in [-0.2, 0) is 9.53 Å². The second-order valence-electron chi connectivity index (χ2n) is 4.78. The summed E-state index contributed by atoms with van der Waals surface area (Å²) in [5, 5.41) is 11.9. The summed E-state index contributed by atoms with van der Waals surface area (Å²) in [5.74, 6) is -1.59. The molecular weight excluding hydrogens is 326 g/mol. The fourth-order valence-corrected chi connectivity index (χ4v) is 2.66. The maximum absolute atomic E-state index is 12.1. The first-order valence-corrected chi connectivity index (χ1v) is 7.24. The van der Waals surface area contributed by atoms with Gasteiger partial charge in [-0.2, -0.15) is 0 Å². The number of benzene rings is 1. The first-order valence-electron chi connectivity index (χ1n) is 6.45. The molecule has 2 atom stereocenters. The van der Waals surface area contributed by atoms with Crippen LogP contribution < -0.4 is 5.32 Å². The first kappa shape index (κ1) is 15.0. The molecule has 20 heavy (non-hydrogen) atoms. The number of ether oxygens (including phenoxy) is 1. The third kappa shape index (κ3) is 3.80. The van der Waals surface area contributed by atoms with E-state index in [1.807, 2.05) is 0 Å². The number of hydrogen-bond acceptors (Lipinski definition) is 3. The fraction of sp³-hybridized carbons (Fsp3) is 0.429. The molecule has 1 aromatic carbocycles. The first-order chi connectivity index (χ1) is 9.58. The van der Waals surface area contributed by atoms with Gasteiger partial charge in [-0.1, -0.05) is 22.0 Å². The molecule has 1 fully saturated rings. The largest absolute Gasteiger partial charge is 0.480 e. The fourth-order valence-electron chi connectivity index (χ4n) is 2.26. The summed E-state index contributed by atoms with van der Waals surface area (Å²) < 4.78 is 6.07. The van der Waals surface area contributed by atoms with Crippen molar-refractivity contribution in [2.45, 2.75) is 18.9 Å². The van der Waals surface area contributed by atoms with E-state index in [1.54, 1.807) is 24.3 Å². The Kier molecular flexibility index (Phi) is 5.14. The third-order valence-corrected chi connectivity index (χ3v) is 3.80. The summed E-state index contributed by atoms with van der Waals surface area (Å²) in [6, 6.07) is 5.93. The number of carboxylic acids is 1. The molecule has 2 unspecified atom stereocenters. The van der Waals surface area contributed by atoms with Crippen molar-refractivity contribution < 1.29 is 19.4 Å². The van der Waals surface area contributed by atoms with Crippen molar-refractivity contribution in [3.8, 4) is 0 Å². The highest BCUT2D eigenvalue weighted by Gasteiger charge is 2.31. The van der Waals surface area contributed by atoms with E-state index >= 15 is 0 Å². The van der Waals surface area contributed by atoms with E-state index < -0.39 is 12.0 Å². The molecule has 0 aliphatic carbocycles. The zero-order valence-electron chi connectivity index (χ0n) is 10.8. The van der Waals surface area contributed by atoms with Crippen LogP contribution in [-0.4, -0.2) is 36.2 Å². The minimum Gasteiger partial charge on any atom is -0.480 e. The van der Waals surface area contributed by atoms with E-state index in [0.717, 1.165) is 17.3 Å². The molecule has 0 bridgehead atoms. The van der Waals surface area contributed by atoms with Crippen LogP contribution in [0.25, 0.3) is 0 Å². The molecule has 0 spiro atoms. The Hall–Kier alpha value is -1.40. The molecule has 0 saturated carbocycles. The minimum absolute atomic E-state index is 0.183. The smallest absolute Gasteiger partial charge is 0.326 e. The van der Waals surface area contributed by atoms with Gasteiger partial charge in [-0.3, -0.25) is 4.79 Å².